The number of thiazole rings is 1. The third kappa shape index (κ3) is 5.25. The minimum atomic E-state index is -0.725. The molecule has 3 aromatic heterocycles. The summed E-state index contributed by atoms with van der Waals surface area (Å²) >= 11 is 1.66. The lowest BCUT2D eigenvalue weighted by Gasteiger charge is -2.27. The van der Waals surface area contributed by atoms with Crippen LogP contribution in [0.2, 0.25) is 0 Å². The van der Waals surface area contributed by atoms with Gasteiger partial charge in [-0.1, -0.05) is 11.3 Å². The van der Waals surface area contributed by atoms with Crippen molar-refractivity contribution >= 4 is 33.2 Å². The maximum atomic E-state index is 13.3. The Hall–Kier alpha value is -2.45. The Bertz CT molecular complexity index is 1040. The number of pyridine rings is 2. The number of alkyl halides is 1. The number of fused-ring (bicyclic) bond motifs is 1. The highest BCUT2D eigenvalue weighted by Crippen LogP contribution is 2.32. The molecule has 31 heavy (non-hydrogen) atoms. The zero-order chi connectivity index (χ0) is 21.8. The summed E-state index contributed by atoms with van der Waals surface area (Å²) in [5, 5.41) is 1.98. The summed E-state index contributed by atoms with van der Waals surface area (Å²) in [7, 11) is 0. The Morgan fingerprint density at radius 1 is 1.13 bits per heavy atom. The highest BCUT2D eigenvalue weighted by molar-refractivity contribution is 7.18. The second kappa shape index (κ2) is 9.78. The van der Waals surface area contributed by atoms with E-state index in [0.717, 1.165) is 45.3 Å². The van der Waals surface area contributed by atoms with E-state index < -0.39 is 6.17 Å². The van der Waals surface area contributed by atoms with Gasteiger partial charge in [-0.05, 0) is 38.8 Å². The van der Waals surface area contributed by atoms with Crippen molar-refractivity contribution in [3.63, 3.8) is 0 Å². The Morgan fingerprint density at radius 3 is 2.65 bits per heavy atom. The van der Waals surface area contributed by atoms with E-state index in [1.807, 2.05) is 23.4 Å². The summed E-state index contributed by atoms with van der Waals surface area (Å²) in [6.07, 6.45) is 6.06. The van der Waals surface area contributed by atoms with Crippen LogP contribution in [-0.4, -0.2) is 64.5 Å². The van der Waals surface area contributed by atoms with E-state index in [1.165, 1.54) is 0 Å². The molecule has 0 unspecified atom stereocenters. The number of likely N-dealkylation sites (tertiary alicyclic amines) is 1. The summed E-state index contributed by atoms with van der Waals surface area (Å²) < 4.78 is 13.3. The Balaban J connectivity index is 1.48. The van der Waals surface area contributed by atoms with E-state index in [2.05, 4.69) is 39.8 Å². The Labute approximate surface area is 186 Å². The van der Waals surface area contributed by atoms with E-state index in [1.54, 1.807) is 17.5 Å². The van der Waals surface area contributed by atoms with Crippen molar-refractivity contribution in [1.29, 1.82) is 0 Å². The second-order valence-electron chi connectivity index (χ2n) is 7.94. The van der Waals surface area contributed by atoms with Gasteiger partial charge in [0.1, 0.15) is 6.17 Å². The average Bonchev–Trinajstić information content (AvgIpc) is 3.26. The van der Waals surface area contributed by atoms with Crippen LogP contribution in [0.4, 0.5) is 9.52 Å². The van der Waals surface area contributed by atoms with Gasteiger partial charge in [0.05, 0.1) is 29.6 Å². The minimum Gasteiger partial charge on any atom is -0.349 e. The van der Waals surface area contributed by atoms with Crippen LogP contribution in [0, 0.1) is 0 Å². The first kappa shape index (κ1) is 21.8. The van der Waals surface area contributed by atoms with Crippen molar-refractivity contribution in [2.75, 3.05) is 37.6 Å². The lowest BCUT2D eigenvalue weighted by Crippen LogP contribution is -2.38. The number of Topliss-reactive ketones (excluding diaryl/α,β-unsaturated/α-hetero) is 1. The molecular weight excluding hydrogens is 413 g/mol. The largest absolute Gasteiger partial charge is 0.349 e. The van der Waals surface area contributed by atoms with Crippen molar-refractivity contribution in [3.8, 4) is 10.4 Å². The van der Waals surface area contributed by atoms with Crippen molar-refractivity contribution in [1.82, 2.24) is 19.9 Å². The van der Waals surface area contributed by atoms with Gasteiger partial charge in [0.2, 0.25) is 0 Å². The molecule has 0 amide bonds. The van der Waals surface area contributed by atoms with Gasteiger partial charge in [-0.15, -0.1) is 0 Å². The van der Waals surface area contributed by atoms with Gasteiger partial charge >= 0.3 is 0 Å². The molecule has 4 heterocycles. The maximum absolute atomic E-state index is 13.3. The number of carbonyl (C=O) groups excluding carboxylic acids is 1. The van der Waals surface area contributed by atoms with E-state index in [0.29, 0.717) is 32.5 Å². The summed E-state index contributed by atoms with van der Waals surface area (Å²) in [5.41, 5.74) is 2.56. The van der Waals surface area contributed by atoms with Crippen molar-refractivity contribution < 1.29 is 9.18 Å². The van der Waals surface area contributed by atoms with Crippen molar-refractivity contribution in [2.24, 2.45) is 0 Å². The topological polar surface area (TPSA) is 62.2 Å². The van der Waals surface area contributed by atoms with Gasteiger partial charge in [-0.2, -0.15) is 0 Å². The highest BCUT2D eigenvalue weighted by Gasteiger charge is 2.20. The number of aromatic nitrogens is 3. The van der Waals surface area contributed by atoms with Crippen molar-refractivity contribution in [2.45, 2.75) is 39.3 Å². The second-order valence-corrected chi connectivity index (χ2v) is 8.95. The fourth-order valence-electron chi connectivity index (χ4n) is 3.91. The molecule has 6 nitrogen and oxygen atoms in total. The monoisotopic (exact) mass is 441 g/mol. The molecular formula is C23H28FN5OS. The SMILES string of the molecule is CCN(CC)c1ncc(-c2cnc3cnc(CC(=O)CN4CCC(F)CC4)cc3c2)s1. The average molecular weight is 442 g/mol. The summed E-state index contributed by atoms with van der Waals surface area (Å²) in [6.45, 7) is 7.76. The van der Waals surface area contributed by atoms with Crippen LogP contribution in [-0.2, 0) is 11.2 Å². The normalized spacial score (nSPS) is 15.5. The molecule has 0 atom stereocenters. The lowest BCUT2D eigenvalue weighted by molar-refractivity contribution is -0.120. The third-order valence-corrected chi connectivity index (χ3v) is 6.84. The molecule has 1 saturated heterocycles. The number of piperidine rings is 1. The predicted octanol–water partition coefficient (Wildman–Crippen LogP) is 4.15. The molecule has 8 heteroatoms. The molecule has 0 saturated carbocycles. The number of rotatable bonds is 8. The highest BCUT2D eigenvalue weighted by atomic mass is 32.1. The smallest absolute Gasteiger partial charge is 0.185 e. The third-order valence-electron chi connectivity index (χ3n) is 5.73. The Kier molecular flexibility index (Phi) is 6.87. The minimum absolute atomic E-state index is 0.111. The maximum Gasteiger partial charge on any atom is 0.185 e. The van der Waals surface area contributed by atoms with Crippen LogP contribution in [0.25, 0.3) is 21.3 Å². The van der Waals surface area contributed by atoms with Gasteiger partial charge in [0.15, 0.2) is 10.9 Å². The Morgan fingerprint density at radius 2 is 1.90 bits per heavy atom. The van der Waals surface area contributed by atoms with E-state index in [9.17, 15) is 9.18 Å². The number of hydrogen-bond acceptors (Lipinski definition) is 7. The van der Waals surface area contributed by atoms with Crippen molar-refractivity contribution in [3.05, 3.63) is 36.4 Å². The molecule has 4 rings (SSSR count). The number of hydrogen-bond donors (Lipinski definition) is 0. The van der Waals surface area contributed by atoms with E-state index >= 15 is 0 Å². The molecule has 0 N–H and O–H groups in total. The van der Waals surface area contributed by atoms with Crippen LogP contribution >= 0.6 is 11.3 Å². The van der Waals surface area contributed by atoms with Gasteiger partial charge in [-0.25, -0.2) is 9.37 Å². The molecule has 0 bridgehead atoms. The molecule has 1 fully saturated rings. The number of nitrogens with zero attached hydrogens (tertiary/aromatic N) is 5. The summed E-state index contributed by atoms with van der Waals surface area (Å²) in [6, 6.07) is 4.04. The molecule has 164 valence electrons. The van der Waals surface area contributed by atoms with Crippen LogP contribution in [0.3, 0.4) is 0 Å². The van der Waals surface area contributed by atoms with E-state index in [4.69, 9.17) is 0 Å². The molecule has 1 aliphatic rings. The first-order chi connectivity index (χ1) is 15.1. The van der Waals surface area contributed by atoms with Crippen LogP contribution < -0.4 is 4.90 Å². The van der Waals surface area contributed by atoms with Gasteiger partial charge in [-0.3, -0.25) is 19.7 Å². The quantitative estimate of drug-likeness (QED) is 0.523. The predicted molar refractivity (Wildman–Crippen MR) is 123 cm³/mol. The summed E-state index contributed by atoms with van der Waals surface area (Å²) in [5.74, 6) is 0.111. The lowest BCUT2D eigenvalue weighted by atomic mass is 10.1. The molecule has 0 radical (unpaired) electrons. The first-order valence-corrected chi connectivity index (χ1v) is 11.7. The summed E-state index contributed by atoms with van der Waals surface area (Å²) in [4.78, 5) is 31.4. The zero-order valence-electron chi connectivity index (χ0n) is 18.1. The fraction of sp³-hybridized carbons (Fsp3) is 0.478. The molecule has 0 aliphatic carbocycles. The molecule has 1 aliphatic heterocycles. The van der Waals surface area contributed by atoms with Crippen LogP contribution in [0.1, 0.15) is 32.4 Å². The van der Waals surface area contributed by atoms with Gasteiger partial charge in [0.25, 0.3) is 0 Å². The number of ketones is 1. The first-order valence-electron chi connectivity index (χ1n) is 10.9. The number of anilines is 1. The number of carbonyl (C=O) groups is 1. The molecule has 0 spiro atoms. The molecule has 0 aromatic carbocycles. The standard InChI is InChI=1S/C23H28FN5OS/c1-3-29(4-2)23-27-14-22(31-23)17-9-16-10-19(25-13-21(16)26-12-17)11-20(30)15-28-7-5-18(24)6-8-28/h9-10,12-14,18H,3-8,11,15H2,1-2H3. The van der Waals surface area contributed by atoms with Crippen LogP contribution in [0.15, 0.2) is 30.7 Å². The molecule has 3 aromatic rings. The number of halogens is 1. The van der Waals surface area contributed by atoms with Crippen LogP contribution in [0.5, 0.6) is 0 Å². The fourth-order valence-corrected chi connectivity index (χ4v) is 4.94. The van der Waals surface area contributed by atoms with Gasteiger partial charge < -0.3 is 4.90 Å². The van der Waals surface area contributed by atoms with E-state index in [-0.39, 0.29) is 12.2 Å². The van der Waals surface area contributed by atoms with Gasteiger partial charge in [0, 0.05) is 55.2 Å². The zero-order valence-corrected chi connectivity index (χ0v) is 18.9.